The SMILES string of the molecule is C/C=C/C(C)=C\C(=C/C)C(\CC)=C(C)\C=C/CC(C)C.CC. The van der Waals surface area contributed by atoms with E-state index in [1.165, 1.54) is 22.3 Å². The minimum absolute atomic E-state index is 0.724. The van der Waals surface area contributed by atoms with E-state index in [2.05, 4.69) is 84.9 Å². The quantitative estimate of drug-likeness (QED) is 0.421. The lowest BCUT2D eigenvalue weighted by Crippen LogP contribution is -1.91. The molecule has 126 valence electrons. The molecule has 0 aliphatic carbocycles. The second-order valence-corrected chi connectivity index (χ2v) is 5.68. The average Bonchev–Trinajstić information content (AvgIpc) is 2.48. The third-order valence-electron chi connectivity index (χ3n) is 3.28. The third kappa shape index (κ3) is 10.4. The Bertz CT molecular complexity index is 423. The molecule has 0 rings (SSSR count). The Balaban J connectivity index is 0. The summed E-state index contributed by atoms with van der Waals surface area (Å²) in [6, 6.07) is 0. The summed E-state index contributed by atoms with van der Waals surface area (Å²) in [5, 5.41) is 0. The molecular formula is C22H38. The molecule has 0 radical (unpaired) electrons. The first-order valence-electron chi connectivity index (χ1n) is 8.80. The standard InChI is InChI=1S/C20H32.C2H6/c1-8-12-17(6)15-19(9-2)20(10-3)18(7)14-11-13-16(4)5;1-2/h8-9,11-12,14-16H,10,13H2,1-7H3;1-2H3/b12-8+,14-11-,17-15-,19-9+,20-18+;. The maximum absolute atomic E-state index is 2.30. The van der Waals surface area contributed by atoms with E-state index in [0.717, 1.165) is 18.8 Å². The zero-order chi connectivity index (χ0) is 17.5. The second kappa shape index (κ2) is 14.6. The Kier molecular flexibility index (Phi) is 15.3. The molecule has 0 atom stereocenters. The summed E-state index contributed by atoms with van der Waals surface area (Å²) >= 11 is 0. The van der Waals surface area contributed by atoms with E-state index in [-0.39, 0.29) is 0 Å². The van der Waals surface area contributed by atoms with E-state index in [0.29, 0.717) is 0 Å². The summed E-state index contributed by atoms with van der Waals surface area (Å²) in [6.07, 6.45) is 15.5. The van der Waals surface area contributed by atoms with Gasteiger partial charge in [-0.3, -0.25) is 0 Å². The van der Waals surface area contributed by atoms with Crippen LogP contribution in [0.3, 0.4) is 0 Å². The molecule has 0 heterocycles. The van der Waals surface area contributed by atoms with Crippen LogP contribution in [0.25, 0.3) is 0 Å². The highest BCUT2D eigenvalue weighted by Crippen LogP contribution is 2.22. The van der Waals surface area contributed by atoms with Crippen molar-refractivity contribution in [1.82, 2.24) is 0 Å². The van der Waals surface area contributed by atoms with Crippen molar-refractivity contribution in [3.63, 3.8) is 0 Å². The number of hydrogen-bond acceptors (Lipinski definition) is 0. The van der Waals surface area contributed by atoms with Crippen LogP contribution < -0.4 is 0 Å². The Morgan fingerprint density at radius 3 is 2.00 bits per heavy atom. The van der Waals surface area contributed by atoms with Crippen LogP contribution in [-0.4, -0.2) is 0 Å². The Morgan fingerprint density at radius 2 is 1.59 bits per heavy atom. The van der Waals surface area contributed by atoms with Crippen LogP contribution in [0.1, 0.15) is 75.2 Å². The van der Waals surface area contributed by atoms with Gasteiger partial charge in [0, 0.05) is 0 Å². The van der Waals surface area contributed by atoms with Gasteiger partial charge in [-0.05, 0) is 63.2 Å². The van der Waals surface area contributed by atoms with Crippen LogP contribution in [0, 0.1) is 5.92 Å². The van der Waals surface area contributed by atoms with Crippen LogP contribution in [0.5, 0.6) is 0 Å². The molecule has 0 amide bonds. The lowest BCUT2D eigenvalue weighted by atomic mass is 9.95. The molecule has 0 N–H and O–H groups in total. The summed E-state index contributed by atoms with van der Waals surface area (Å²) in [6.45, 7) is 19.3. The summed E-state index contributed by atoms with van der Waals surface area (Å²) in [4.78, 5) is 0. The molecule has 0 fully saturated rings. The van der Waals surface area contributed by atoms with Gasteiger partial charge in [-0.25, -0.2) is 0 Å². The molecule has 0 aromatic rings. The molecule has 0 aromatic heterocycles. The molecule has 0 aromatic carbocycles. The normalized spacial score (nSPS) is 14.5. The van der Waals surface area contributed by atoms with Gasteiger partial charge in [0.05, 0.1) is 0 Å². The monoisotopic (exact) mass is 302 g/mol. The van der Waals surface area contributed by atoms with Crippen LogP contribution >= 0.6 is 0 Å². The van der Waals surface area contributed by atoms with Crippen molar-refractivity contribution in [2.24, 2.45) is 5.92 Å². The number of rotatable bonds is 7. The smallest absolute Gasteiger partial charge is 0.0262 e. The lowest BCUT2D eigenvalue weighted by molar-refractivity contribution is 0.663. The van der Waals surface area contributed by atoms with Crippen LogP contribution in [0.4, 0.5) is 0 Å². The van der Waals surface area contributed by atoms with Crippen molar-refractivity contribution in [3.05, 3.63) is 58.7 Å². The molecule has 0 saturated carbocycles. The van der Waals surface area contributed by atoms with Crippen molar-refractivity contribution < 1.29 is 0 Å². The fourth-order valence-electron chi connectivity index (χ4n) is 2.23. The topological polar surface area (TPSA) is 0 Å². The van der Waals surface area contributed by atoms with Gasteiger partial charge < -0.3 is 0 Å². The van der Waals surface area contributed by atoms with Gasteiger partial charge in [0.1, 0.15) is 0 Å². The van der Waals surface area contributed by atoms with E-state index in [4.69, 9.17) is 0 Å². The van der Waals surface area contributed by atoms with E-state index in [1.54, 1.807) is 0 Å². The highest BCUT2D eigenvalue weighted by Gasteiger charge is 2.03. The fraction of sp³-hybridized carbons (Fsp3) is 0.545. The number of hydrogen-bond donors (Lipinski definition) is 0. The minimum atomic E-state index is 0.724. The molecule has 0 bridgehead atoms. The van der Waals surface area contributed by atoms with Gasteiger partial charge in [-0.1, -0.05) is 76.6 Å². The molecular weight excluding hydrogens is 264 g/mol. The van der Waals surface area contributed by atoms with Crippen LogP contribution in [0.2, 0.25) is 0 Å². The first kappa shape index (κ1) is 23.0. The molecule has 0 saturated heterocycles. The third-order valence-corrected chi connectivity index (χ3v) is 3.28. The van der Waals surface area contributed by atoms with Crippen molar-refractivity contribution in [3.8, 4) is 0 Å². The molecule has 0 unspecified atom stereocenters. The molecule has 0 nitrogen and oxygen atoms in total. The van der Waals surface area contributed by atoms with Gasteiger partial charge in [0.15, 0.2) is 0 Å². The van der Waals surface area contributed by atoms with Gasteiger partial charge in [-0.15, -0.1) is 0 Å². The average molecular weight is 303 g/mol. The van der Waals surface area contributed by atoms with E-state index < -0.39 is 0 Å². The molecule has 0 aliphatic rings. The van der Waals surface area contributed by atoms with Gasteiger partial charge in [0.2, 0.25) is 0 Å². The van der Waals surface area contributed by atoms with E-state index >= 15 is 0 Å². The van der Waals surface area contributed by atoms with Gasteiger partial charge >= 0.3 is 0 Å². The van der Waals surface area contributed by atoms with Crippen molar-refractivity contribution in [2.75, 3.05) is 0 Å². The summed E-state index contributed by atoms with van der Waals surface area (Å²) < 4.78 is 0. The fourth-order valence-corrected chi connectivity index (χ4v) is 2.23. The molecule has 22 heavy (non-hydrogen) atoms. The maximum Gasteiger partial charge on any atom is -0.0262 e. The summed E-state index contributed by atoms with van der Waals surface area (Å²) in [7, 11) is 0. The second-order valence-electron chi connectivity index (χ2n) is 5.68. The van der Waals surface area contributed by atoms with Crippen molar-refractivity contribution in [2.45, 2.75) is 75.2 Å². The summed E-state index contributed by atoms with van der Waals surface area (Å²) in [5.41, 5.74) is 5.46. The highest BCUT2D eigenvalue weighted by atomic mass is 14.1. The van der Waals surface area contributed by atoms with E-state index in [1.807, 2.05) is 13.8 Å². The van der Waals surface area contributed by atoms with Gasteiger partial charge in [0.25, 0.3) is 0 Å². The summed E-state index contributed by atoms with van der Waals surface area (Å²) in [5.74, 6) is 0.724. The first-order chi connectivity index (χ1) is 10.5. The van der Waals surface area contributed by atoms with Gasteiger partial charge in [-0.2, -0.15) is 0 Å². The molecule has 0 spiro atoms. The Labute approximate surface area is 140 Å². The Hall–Kier alpha value is -1.30. The predicted octanol–water partition coefficient (Wildman–Crippen LogP) is 7.81. The van der Waals surface area contributed by atoms with Crippen molar-refractivity contribution in [1.29, 1.82) is 0 Å². The Morgan fingerprint density at radius 1 is 1.00 bits per heavy atom. The van der Waals surface area contributed by atoms with Crippen LogP contribution in [0.15, 0.2) is 58.7 Å². The highest BCUT2D eigenvalue weighted by molar-refractivity contribution is 5.47. The van der Waals surface area contributed by atoms with Crippen LogP contribution in [-0.2, 0) is 0 Å². The zero-order valence-corrected chi connectivity index (χ0v) is 16.5. The lowest BCUT2D eigenvalue weighted by Gasteiger charge is -2.10. The maximum atomic E-state index is 2.30. The first-order valence-corrected chi connectivity index (χ1v) is 8.80. The predicted molar refractivity (Wildman–Crippen MR) is 105 cm³/mol. The zero-order valence-electron chi connectivity index (χ0n) is 16.5. The minimum Gasteiger partial charge on any atom is -0.0874 e. The van der Waals surface area contributed by atoms with E-state index in [9.17, 15) is 0 Å². The largest absolute Gasteiger partial charge is 0.0874 e. The number of allylic oxidation sites excluding steroid dienone is 10. The molecule has 0 aliphatic heterocycles. The molecule has 0 heteroatoms. The van der Waals surface area contributed by atoms with Crippen molar-refractivity contribution >= 4 is 0 Å².